The summed E-state index contributed by atoms with van der Waals surface area (Å²) < 4.78 is 39.3. The monoisotopic (exact) mass is 370 g/mol. The van der Waals surface area contributed by atoms with Gasteiger partial charge in [0.2, 0.25) is 5.91 Å². The number of amides is 1. The van der Waals surface area contributed by atoms with Crippen LogP contribution in [0.15, 0.2) is 42.5 Å². The SMILES string of the molecule is O=C(Cc1ccccc1Cl)Nc1nc2c(C(F)(F)F)cccc2s1. The van der Waals surface area contributed by atoms with Crippen LogP contribution in [0.25, 0.3) is 10.2 Å². The van der Waals surface area contributed by atoms with E-state index in [1.165, 1.54) is 12.1 Å². The molecular weight excluding hydrogens is 361 g/mol. The second kappa shape index (κ2) is 6.41. The average molecular weight is 371 g/mol. The van der Waals surface area contributed by atoms with Crippen LogP contribution in [0.4, 0.5) is 18.3 Å². The highest BCUT2D eigenvalue weighted by molar-refractivity contribution is 7.22. The van der Waals surface area contributed by atoms with Crippen molar-refractivity contribution in [2.24, 2.45) is 0 Å². The third-order valence-corrected chi connectivity index (χ3v) is 4.58. The predicted octanol–water partition coefficient (Wildman–Crippen LogP) is 5.15. The van der Waals surface area contributed by atoms with Gasteiger partial charge in [-0.05, 0) is 23.8 Å². The van der Waals surface area contributed by atoms with Gasteiger partial charge in [0.05, 0.1) is 22.2 Å². The van der Waals surface area contributed by atoms with Gasteiger partial charge in [-0.2, -0.15) is 13.2 Å². The van der Waals surface area contributed by atoms with Crippen molar-refractivity contribution >= 4 is 44.2 Å². The van der Waals surface area contributed by atoms with Crippen LogP contribution in [0.3, 0.4) is 0 Å². The van der Waals surface area contributed by atoms with E-state index in [9.17, 15) is 18.0 Å². The number of nitrogens with zero attached hydrogens (tertiary/aromatic N) is 1. The van der Waals surface area contributed by atoms with Crippen molar-refractivity contribution < 1.29 is 18.0 Å². The highest BCUT2D eigenvalue weighted by Crippen LogP contribution is 2.37. The minimum atomic E-state index is -4.49. The van der Waals surface area contributed by atoms with E-state index in [0.717, 1.165) is 17.4 Å². The molecule has 1 heterocycles. The maximum atomic E-state index is 13.0. The van der Waals surface area contributed by atoms with Crippen molar-refractivity contribution in [3.05, 3.63) is 58.6 Å². The molecule has 0 saturated carbocycles. The normalized spacial score (nSPS) is 11.7. The average Bonchev–Trinajstić information content (AvgIpc) is 2.90. The third kappa shape index (κ3) is 3.52. The van der Waals surface area contributed by atoms with Crippen LogP contribution in [0.1, 0.15) is 11.1 Å². The number of rotatable bonds is 3. The number of carbonyl (C=O) groups excluding carboxylic acids is 1. The molecule has 0 aliphatic heterocycles. The lowest BCUT2D eigenvalue weighted by molar-refractivity contribution is -0.136. The van der Waals surface area contributed by atoms with Crippen LogP contribution in [-0.2, 0) is 17.4 Å². The Morgan fingerprint density at radius 3 is 2.62 bits per heavy atom. The van der Waals surface area contributed by atoms with Gasteiger partial charge in [0, 0.05) is 5.02 Å². The van der Waals surface area contributed by atoms with Crippen molar-refractivity contribution in [1.29, 1.82) is 0 Å². The number of carbonyl (C=O) groups is 1. The van der Waals surface area contributed by atoms with Crippen LogP contribution in [0.2, 0.25) is 5.02 Å². The number of benzene rings is 2. The molecule has 1 aromatic heterocycles. The van der Waals surface area contributed by atoms with Gasteiger partial charge < -0.3 is 5.32 Å². The number of halogens is 4. The molecular formula is C16H10ClF3N2OS. The topological polar surface area (TPSA) is 42.0 Å². The smallest absolute Gasteiger partial charge is 0.302 e. The third-order valence-electron chi connectivity index (χ3n) is 3.28. The van der Waals surface area contributed by atoms with Crippen LogP contribution in [0.5, 0.6) is 0 Å². The molecule has 0 fully saturated rings. The summed E-state index contributed by atoms with van der Waals surface area (Å²) in [5.41, 5.74) is -0.348. The minimum absolute atomic E-state index is 0.0156. The molecule has 0 bridgehead atoms. The Morgan fingerprint density at radius 1 is 1.17 bits per heavy atom. The first-order chi connectivity index (χ1) is 11.3. The lowest BCUT2D eigenvalue weighted by Crippen LogP contribution is -2.14. The second-order valence-corrected chi connectivity index (χ2v) is 6.42. The highest BCUT2D eigenvalue weighted by atomic mass is 35.5. The molecule has 124 valence electrons. The van der Waals surface area contributed by atoms with Gasteiger partial charge in [0.15, 0.2) is 5.13 Å². The molecule has 8 heteroatoms. The molecule has 1 N–H and O–H groups in total. The molecule has 0 unspecified atom stereocenters. The van der Waals surface area contributed by atoms with Gasteiger partial charge in [-0.3, -0.25) is 4.79 Å². The Balaban J connectivity index is 1.83. The van der Waals surface area contributed by atoms with Crippen LogP contribution in [0, 0.1) is 0 Å². The van der Waals surface area contributed by atoms with E-state index in [1.807, 2.05) is 0 Å². The van der Waals surface area contributed by atoms with Crippen LogP contribution < -0.4 is 5.32 Å². The van der Waals surface area contributed by atoms with Gasteiger partial charge >= 0.3 is 6.18 Å². The molecule has 2 aromatic carbocycles. The summed E-state index contributed by atoms with van der Waals surface area (Å²) >= 11 is 6.98. The second-order valence-electron chi connectivity index (χ2n) is 4.99. The fourth-order valence-corrected chi connectivity index (χ4v) is 3.32. The van der Waals surface area contributed by atoms with Gasteiger partial charge in [-0.1, -0.05) is 47.2 Å². The Labute approximate surface area is 144 Å². The fourth-order valence-electron chi connectivity index (χ4n) is 2.21. The molecule has 0 atom stereocenters. The quantitative estimate of drug-likeness (QED) is 0.692. The van der Waals surface area contributed by atoms with E-state index in [0.29, 0.717) is 15.3 Å². The molecule has 0 saturated heterocycles. The standard InChI is InChI=1S/C16H10ClF3N2OS/c17-11-6-2-1-4-9(11)8-13(23)21-15-22-14-10(16(18,19)20)5-3-7-12(14)24-15/h1-7H,8H2,(H,21,22,23). The molecule has 1 amide bonds. The number of alkyl halides is 3. The highest BCUT2D eigenvalue weighted by Gasteiger charge is 2.33. The molecule has 3 rings (SSSR count). The minimum Gasteiger partial charge on any atom is -0.302 e. The van der Waals surface area contributed by atoms with E-state index >= 15 is 0 Å². The molecule has 24 heavy (non-hydrogen) atoms. The van der Waals surface area contributed by atoms with Crippen molar-refractivity contribution in [2.45, 2.75) is 12.6 Å². The largest absolute Gasteiger partial charge is 0.418 e. The van der Waals surface area contributed by atoms with Gasteiger partial charge in [-0.25, -0.2) is 4.98 Å². The summed E-state index contributed by atoms with van der Waals surface area (Å²) in [6, 6.07) is 10.7. The summed E-state index contributed by atoms with van der Waals surface area (Å²) in [6.45, 7) is 0. The molecule has 0 aliphatic carbocycles. The number of thiazole rings is 1. The first-order valence-electron chi connectivity index (χ1n) is 6.84. The number of hydrogen-bond acceptors (Lipinski definition) is 3. The number of anilines is 1. The Kier molecular flexibility index (Phi) is 4.47. The first kappa shape index (κ1) is 16.7. The van der Waals surface area contributed by atoms with Crippen molar-refractivity contribution in [2.75, 3.05) is 5.32 Å². The summed E-state index contributed by atoms with van der Waals surface area (Å²) in [4.78, 5) is 16.0. The molecule has 0 radical (unpaired) electrons. The Hall–Kier alpha value is -2.12. The fraction of sp³-hybridized carbons (Fsp3) is 0.125. The summed E-state index contributed by atoms with van der Waals surface area (Å²) in [6.07, 6.45) is -4.48. The van der Waals surface area contributed by atoms with Gasteiger partial charge in [-0.15, -0.1) is 0 Å². The predicted molar refractivity (Wildman–Crippen MR) is 88.4 cm³/mol. The van der Waals surface area contributed by atoms with Crippen molar-refractivity contribution in [3.63, 3.8) is 0 Å². The van der Waals surface area contributed by atoms with E-state index in [1.54, 1.807) is 24.3 Å². The Morgan fingerprint density at radius 2 is 1.92 bits per heavy atom. The maximum absolute atomic E-state index is 13.0. The summed E-state index contributed by atoms with van der Waals surface area (Å²) in [5.74, 6) is -0.393. The molecule has 0 aliphatic rings. The summed E-state index contributed by atoms with van der Waals surface area (Å²) in [7, 11) is 0. The zero-order valence-electron chi connectivity index (χ0n) is 12.0. The van der Waals surface area contributed by atoms with E-state index in [4.69, 9.17) is 11.6 Å². The van der Waals surface area contributed by atoms with Crippen LogP contribution in [-0.4, -0.2) is 10.9 Å². The number of hydrogen-bond donors (Lipinski definition) is 1. The molecule has 0 spiro atoms. The van der Waals surface area contributed by atoms with Crippen molar-refractivity contribution in [1.82, 2.24) is 4.98 Å². The lowest BCUT2D eigenvalue weighted by Gasteiger charge is -2.06. The number of nitrogens with one attached hydrogen (secondary N) is 1. The Bertz CT molecular complexity index is 908. The number of para-hydroxylation sites is 1. The first-order valence-corrected chi connectivity index (χ1v) is 8.04. The van der Waals surface area contributed by atoms with Crippen molar-refractivity contribution in [3.8, 4) is 0 Å². The van der Waals surface area contributed by atoms with Crippen LogP contribution >= 0.6 is 22.9 Å². The zero-order valence-corrected chi connectivity index (χ0v) is 13.6. The van der Waals surface area contributed by atoms with Gasteiger partial charge in [0.25, 0.3) is 0 Å². The van der Waals surface area contributed by atoms with E-state index in [-0.39, 0.29) is 17.1 Å². The van der Waals surface area contributed by atoms with E-state index < -0.39 is 17.6 Å². The number of aromatic nitrogens is 1. The summed E-state index contributed by atoms with van der Waals surface area (Å²) in [5, 5.41) is 3.11. The zero-order chi connectivity index (χ0) is 17.3. The lowest BCUT2D eigenvalue weighted by atomic mass is 10.1. The van der Waals surface area contributed by atoms with E-state index in [2.05, 4.69) is 10.3 Å². The van der Waals surface area contributed by atoms with Gasteiger partial charge in [0.1, 0.15) is 0 Å². The number of fused-ring (bicyclic) bond motifs is 1. The maximum Gasteiger partial charge on any atom is 0.418 e. The molecule has 3 aromatic rings. The molecule has 3 nitrogen and oxygen atoms in total.